The van der Waals surface area contributed by atoms with Gasteiger partial charge in [0.1, 0.15) is 0 Å². The molecule has 27 heavy (non-hydrogen) atoms. The summed E-state index contributed by atoms with van der Waals surface area (Å²) in [6.45, 7) is 6.00. The van der Waals surface area contributed by atoms with Crippen molar-refractivity contribution in [2.45, 2.75) is 13.3 Å². The Balaban J connectivity index is 1.90. The zero-order valence-electron chi connectivity index (χ0n) is 14.9. The van der Waals surface area contributed by atoms with Gasteiger partial charge in [0, 0.05) is 5.56 Å². The summed E-state index contributed by atoms with van der Waals surface area (Å²) in [6.07, 6.45) is 3.98. The molecule has 138 valence electrons. The minimum Gasteiger partial charge on any atom is -0.504 e. The minimum absolute atomic E-state index is 0.105. The first-order valence-corrected chi connectivity index (χ1v) is 9.36. The van der Waals surface area contributed by atoms with Crippen molar-refractivity contribution >= 4 is 34.6 Å². The maximum Gasteiger partial charge on any atom is 0.264 e. The second-order valence-electron chi connectivity index (χ2n) is 5.77. The molecule has 2 aromatic carbocycles. The summed E-state index contributed by atoms with van der Waals surface area (Å²) in [5.41, 5.74) is 2.24. The van der Waals surface area contributed by atoms with Crippen LogP contribution < -0.4 is 10.1 Å². The van der Waals surface area contributed by atoms with Crippen LogP contribution in [0.2, 0.25) is 0 Å². The highest BCUT2D eigenvalue weighted by atomic mass is 32.2. The van der Waals surface area contributed by atoms with Gasteiger partial charge in [0.25, 0.3) is 5.91 Å². The van der Waals surface area contributed by atoms with Crippen LogP contribution in [0.1, 0.15) is 18.1 Å². The molecule has 5 nitrogen and oxygen atoms in total. The Kier molecular flexibility index (Phi) is 5.98. The summed E-state index contributed by atoms with van der Waals surface area (Å²) in [7, 11) is 0. The molecule has 0 aliphatic carbocycles. The molecule has 0 bridgehead atoms. The van der Waals surface area contributed by atoms with Gasteiger partial charge in [-0.05, 0) is 61.0 Å². The third-order valence-electron chi connectivity index (χ3n) is 3.78. The zero-order chi connectivity index (χ0) is 19.2. The highest BCUT2D eigenvalue weighted by Crippen LogP contribution is 2.35. The van der Waals surface area contributed by atoms with Crippen molar-refractivity contribution in [1.82, 2.24) is 5.32 Å². The molecule has 1 fully saturated rings. The highest BCUT2D eigenvalue weighted by Gasteiger charge is 2.24. The number of hydrogen-bond donors (Lipinski definition) is 2. The molecule has 1 aliphatic rings. The molecular weight excluding hydrogens is 360 g/mol. The lowest BCUT2D eigenvalue weighted by molar-refractivity contribution is -0.115. The van der Waals surface area contributed by atoms with Crippen LogP contribution in [0.3, 0.4) is 0 Å². The van der Waals surface area contributed by atoms with Crippen molar-refractivity contribution in [2.75, 3.05) is 6.61 Å². The van der Waals surface area contributed by atoms with Crippen molar-refractivity contribution in [3.8, 4) is 11.5 Å². The maximum absolute atomic E-state index is 12.3. The Morgan fingerprint density at radius 2 is 2.07 bits per heavy atom. The van der Waals surface area contributed by atoms with E-state index in [2.05, 4.69) is 16.9 Å². The number of carbonyl (C=O) groups excluding carboxylic acids is 1. The first-order chi connectivity index (χ1) is 13.1. The van der Waals surface area contributed by atoms with Gasteiger partial charge in [-0.25, -0.2) is 4.99 Å². The molecule has 3 rings (SSSR count). The summed E-state index contributed by atoms with van der Waals surface area (Å²) in [5, 5.41) is 13.6. The van der Waals surface area contributed by atoms with Crippen molar-refractivity contribution < 1.29 is 14.6 Å². The van der Waals surface area contributed by atoms with Gasteiger partial charge < -0.3 is 15.2 Å². The van der Waals surface area contributed by atoms with Crippen molar-refractivity contribution in [1.29, 1.82) is 0 Å². The van der Waals surface area contributed by atoms with Crippen LogP contribution >= 0.6 is 11.8 Å². The Bertz CT molecular complexity index is 921. The fraction of sp³-hybridized carbons (Fsp3) is 0.143. The van der Waals surface area contributed by atoms with E-state index < -0.39 is 0 Å². The molecule has 0 unspecified atom stereocenters. The van der Waals surface area contributed by atoms with E-state index in [9.17, 15) is 9.90 Å². The molecule has 0 radical (unpaired) electrons. The average molecular weight is 380 g/mol. The fourth-order valence-corrected chi connectivity index (χ4v) is 3.44. The Morgan fingerprint density at radius 1 is 1.30 bits per heavy atom. The minimum atomic E-state index is -0.203. The van der Waals surface area contributed by atoms with E-state index in [-0.39, 0.29) is 11.7 Å². The van der Waals surface area contributed by atoms with Gasteiger partial charge in [0.05, 0.1) is 17.2 Å². The molecule has 0 aromatic heterocycles. The standard InChI is InChI=1S/C21H20N2O3S/c1-3-8-15-11-14(12-17(19(15)24)26-4-2)13-18-20(25)23-21(27-18)22-16-9-6-5-7-10-16/h3,5-7,9-13,24H,1,4,8H2,2H3,(H,22,23,25). The number of allylic oxidation sites excluding steroid dienone is 1. The predicted octanol–water partition coefficient (Wildman–Crippen LogP) is 4.41. The van der Waals surface area contributed by atoms with E-state index >= 15 is 0 Å². The van der Waals surface area contributed by atoms with E-state index in [1.807, 2.05) is 43.3 Å². The van der Waals surface area contributed by atoms with Gasteiger partial charge in [-0.3, -0.25) is 4.79 Å². The monoisotopic (exact) mass is 380 g/mol. The highest BCUT2D eigenvalue weighted by molar-refractivity contribution is 8.18. The zero-order valence-corrected chi connectivity index (χ0v) is 15.8. The molecule has 0 atom stereocenters. The molecule has 1 heterocycles. The first kappa shape index (κ1) is 18.8. The lowest BCUT2D eigenvalue weighted by atomic mass is 10.1. The van der Waals surface area contributed by atoms with Crippen LogP contribution in [-0.4, -0.2) is 22.8 Å². The van der Waals surface area contributed by atoms with Crippen LogP contribution in [0.5, 0.6) is 11.5 Å². The molecular formula is C21H20N2O3S. The smallest absolute Gasteiger partial charge is 0.264 e. The van der Waals surface area contributed by atoms with Gasteiger partial charge in [-0.15, -0.1) is 6.58 Å². The quantitative estimate of drug-likeness (QED) is 0.575. The number of benzene rings is 2. The van der Waals surface area contributed by atoms with Crippen molar-refractivity contribution in [3.63, 3.8) is 0 Å². The molecule has 2 N–H and O–H groups in total. The number of carbonyl (C=O) groups is 1. The van der Waals surface area contributed by atoms with Gasteiger partial charge in [-0.2, -0.15) is 0 Å². The summed E-state index contributed by atoms with van der Waals surface area (Å²) in [4.78, 5) is 17.3. The number of hydrogen-bond acceptors (Lipinski definition) is 5. The Labute approximate surface area is 162 Å². The lowest BCUT2D eigenvalue weighted by Crippen LogP contribution is -2.19. The number of amides is 1. The van der Waals surface area contributed by atoms with E-state index in [1.165, 1.54) is 11.8 Å². The van der Waals surface area contributed by atoms with Crippen LogP contribution in [0.25, 0.3) is 6.08 Å². The summed E-state index contributed by atoms with van der Waals surface area (Å²) < 4.78 is 5.51. The fourth-order valence-electron chi connectivity index (χ4n) is 2.60. The Hall–Kier alpha value is -2.99. The first-order valence-electron chi connectivity index (χ1n) is 8.55. The number of para-hydroxylation sites is 1. The van der Waals surface area contributed by atoms with E-state index in [0.717, 1.165) is 11.3 Å². The van der Waals surface area contributed by atoms with Crippen LogP contribution in [-0.2, 0) is 11.2 Å². The number of thioether (sulfide) groups is 1. The predicted molar refractivity (Wildman–Crippen MR) is 110 cm³/mol. The number of ether oxygens (including phenoxy) is 1. The number of nitrogens with zero attached hydrogens (tertiary/aromatic N) is 1. The topological polar surface area (TPSA) is 70.9 Å². The molecule has 0 saturated carbocycles. The molecule has 2 aromatic rings. The molecule has 1 saturated heterocycles. The summed E-state index contributed by atoms with van der Waals surface area (Å²) in [6, 6.07) is 13.0. The number of phenols is 1. The number of phenolic OH excluding ortho intramolecular Hbond substituents is 1. The molecule has 0 spiro atoms. The number of nitrogens with one attached hydrogen (secondary N) is 1. The van der Waals surface area contributed by atoms with Crippen LogP contribution in [0.4, 0.5) is 5.69 Å². The molecule has 1 amide bonds. The second-order valence-corrected chi connectivity index (χ2v) is 6.80. The largest absolute Gasteiger partial charge is 0.504 e. The number of rotatable bonds is 6. The van der Waals surface area contributed by atoms with Gasteiger partial charge in [-0.1, -0.05) is 24.3 Å². The van der Waals surface area contributed by atoms with E-state index in [1.54, 1.807) is 18.2 Å². The third-order valence-corrected chi connectivity index (χ3v) is 4.69. The number of amidine groups is 1. The van der Waals surface area contributed by atoms with Gasteiger partial charge >= 0.3 is 0 Å². The normalized spacial score (nSPS) is 16.6. The number of aromatic hydroxyl groups is 1. The second kappa shape index (κ2) is 8.60. The van der Waals surface area contributed by atoms with Crippen LogP contribution in [0.15, 0.2) is 65.0 Å². The number of aliphatic imine (C=N–C) groups is 1. The van der Waals surface area contributed by atoms with Crippen molar-refractivity contribution in [3.05, 3.63) is 71.2 Å². The molecule has 6 heteroatoms. The summed E-state index contributed by atoms with van der Waals surface area (Å²) in [5.74, 6) is 0.296. The average Bonchev–Trinajstić information content (AvgIpc) is 2.99. The van der Waals surface area contributed by atoms with Gasteiger partial charge in [0.2, 0.25) is 0 Å². The third kappa shape index (κ3) is 4.60. The Morgan fingerprint density at radius 3 is 2.78 bits per heavy atom. The van der Waals surface area contributed by atoms with E-state index in [0.29, 0.717) is 34.4 Å². The SMILES string of the molecule is C=CCc1cc(C=C2SC(=Nc3ccccc3)NC2=O)cc(OCC)c1O. The lowest BCUT2D eigenvalue weighted by Gasteiger charge is -2.11. The molecule has 1 aliphatic heterocycles. The van der Waals surface area contributed by atoms with Crippen LogP contribution in [0, 0.1) is 0 Å². The summed E-state index contributed by atoms with van der Waals surface area (Å²) >= 11 is 1.28. The van der Waals surface area contributed by atoms with Crippen molar-refractivity contribution in [2.24, 2.45) is 4.99 Å². The van der Waals surface area contributed by atoms with Gasteiger partial charge in [0.15, 0.2) is 16.7 Å². The maximum atomic E-state index is 12.3. The van der Waals surface area contributed by atoms with E-state index in [4.69, 9.17) is 4.74 Å².